The van der Waals surface area contributed by atoms with E-state index < -0.39 is 17.8 Å². The van der Waals surface area contributed by atoms with E-state index in [1.807, 2.05) is 32.0 Å². The van der Waals surface area contributed by atoms with Gasteiger partial charge in [-0.15, -0.1) is 0 Å². The second-order valence-corrected chi connectivity index (χ2v) is 9.40. The molecule has 184 valence electrons. The highest BCUT2D eigenvalue weighted by atomic mass is 16.6. The zero-order valence-corrected chi connectivity index (χ0v) is 20.3. The molecule has 9 heteroatoms. The summed E-state index contributed by atoms with van der Waals surface area (Å²) in [5, 5.41) is 22.5. The minimum Gasteiger partial charge on any atom is -0.508 e. The number of fused-ring (bicyclic) bond motifs is 5. The Morgan fingerprint density at radius 1 is 1.26 bits per heavy atom. The Morgan fingerprint density at radius 2 is 2.03 bits per heavy atom. The first-order valence-corrected chi connectivity index (χ1v) is 11.8. The van der Waals surface area contributed by atoms with E-state index in [-0.39, 0.29) is 35.5 Å². The van der Waals surface area contributed by atoms with Gasteiger partial charge in [0.1, 0.15) is 12.4 Å². The molecule has 2 N–H and O–H groups in total. The highest BCUT2D eigenvalue weighted by Gasteiger charge is 2.46. The number of benzene rings is 1. The predicted octanol–water partition coefficient (Wildman–Crippen LogP) is 2.77. The molecule has 0 amide bonds. The lowest BCUT2D eigenvalue weighted by Crippen LogP contribution is -2.44. The van der Waals surface area contributed by atoms with Crippen molar-refractivity contribution in [1.82, 2.24) is 14.5 Å². The fourth-order valence-corrected chi connectivity index (χ4v) is 5.01. The second kappa shape index (κ2) is 8.44. The number of pyridine rings is 2. The molecular formula is C26H29N3O6. The number of hydrogen-bond donors (Lipinski definition) is 2. The molecule has 0 unspecified atom stereocenters. The molecule has 0 saturated heterocycles. The van der Waals surface area contributed by atoms with E-state index >= 15 is 0 Å². The molecule has 2 atom stereocenters. The van der Waals surface area contributed by atoms with Crippen LogP contribution in [0.3, 0.4) is 0 Å². The number of ether oxygens (including phenoxy) is 2. The molecule has 35 heavy (non-hydrogen) atoms. The van der Waals surface area contributed by atoms with Gasteiger partial charge >= 0.3 is 5.97 Å². The number of esters is 1. The van der Waals surface area contributed by atoms with Gasteiger partial charge in [0.15, 0.2) is 11.8 Å². The van der Waals surface area contributed by atoms with E-state index in [0.29, 0.717) is 35.6 Å². The molecule has 0 radical (unpaired) electrons. The van der Waals surface area contributed by atoms with Crippen LogP contribution in [-0.2, 0) is 33.0 Å². The Bertz CT molecular complexity index is 1410. The van der Waals surface area contributed by atoms with Gasteiger partial charge in [-0.3, -0.25) is 9.36 Å². The molecule has 1 aromatic carbocycles. The van der Waals surface area contributed by atoms with Crippen LogP contribution >= 0.6 is 0 Å². The number of aromatic hydroxyl groups is 1. The van der Waals surface area contributed by atoms with Gasteiger partial charge in [0.05, 0.1) is 22.5 Å². The maximum absolute atomic E-state index is 13.7. The minimum atomic E-state index is -1.90. The number of rotatable bonds is 6. The van der Waals surface area contributed by atoms with Crippen molar-refractivity contribution in [2.75, 3.05) is 20.7 Å². The number of phenolic OH excluding ortho intramolecular Hbond substituents is 1. The van der Waals surface area contributed by atoms with Gasteiger partial charge in [-0.1, -0.05) is 13.8 Å². The summed E-state index contributed by atoms with van der Waals surface area (Å²) < 4.78 is 12.9. The average Bonchev–Trinajstić information content (AvgIpc) is 3.13. The first-order valence-electron chi connectivity index (χ1n) is 11.8. The van der Waals surface area contributed by atoms with Crippen LogP contribution in [0.5, 0.6) is 5.75 Å². The lowest BCUT2D eigenvalue weighted by molar-refractivity contribution is -0.172. The van der Waals surface area contributed by atoms with Crippen molar-refractivity contribution in [2.24, 2.45) is 0 Å². The summed E-state index contributed by atoms with van der Waals surface area (Å²) in [6, 6.07) is 6.96. The van der Waals surface area contributed by atoms with Crippen LogP contribution in [0.2, 0.25) is 0 Å². The number of carbonyl (C=O) groups excluding carboxylic acids is 1. The average molecular weight is 480 g/mol. The summed E-state index contributed by atoms with van der Waals surface area (Å²) in [7, 11) is 3.84. The predicted molar refractivity (Wildman–Crippen MR) is 129 cm³/mol. The number of cyclic esters (lactones) is 1. The van der Waals surface area contributed by atoms with E-state index in [9.17, 15) is 19.8 Å². The zero-order chi connectivity index (χ0) is 25.1. The molecule has 2 aliphatic rings. The topological polar surface area (TPSA) is 114 Å². The smallest absolute Gasteiger partial charge is 0.343 e. The first kappa shape index (κ1) is 23.5. The fourth-order valence-electron chi connectivity index (χ4n) is 5.01. The van der Waals surface area contributed by atoms with Crippen LogP contribution in [0, 0.1) is 0 Å². The number of hydrogen-bond acceptors (Lipinski definition) is 8. The third-order valence-corrected chi connectivity index (χ3v) is 6.80. The van der Waals surface area contributed by atoms with Crippen LogP contribution in [-0.4, -0.2) is 51.3 Å². The van der Waals surface area contributed by atoms with Gasteiger partial charge in [-0.25, -0.2) is 9.78 Å². The quantitative estimate of drug-likeness (QED) is 0.519. The Labute approximate surface area is 202 Å². The molecule has 2 aromatic heterocycles. The summed E-state index contributed by atoms with van der Waals surface area (Å²) in [4.78, 5) is 33.0. The number of carbonyl (C=O) groups is 1. The number of phenols is 1. The van der Waals surface area contributed by atoms with Gasteiger partial charge in [-0.2, -0.15) is 0 Å². The van der Waals surface area contributed by atoms with E-state index in [4.69, 9.17) is 14.5 Å². The summed E-state index contributed by atoms with van der Waals surface area (Å²) >= 11 is 0. The van der Waals surface area contributed by atoms with Gasteiger partial charge in [-0.05, 0) is 51.2 Å². The molecule has 2 aliphatic heterocycles. The van der Waals surface area contributed by atoms with Crippen molar-refractivity contribution in [3.8, 4) is 17.1 Å². The van der Waals surface area contributed by atoms with Crippen LogP contribution in [0.1, 0.15) is 55.2 Å². The molecule has 0 spiro atoms. The molecular weight excluding hydrogens is 450 g/mol. The molecule has 0 saturated carbocycles. The van der Waals surface area contributed by atoms with E-state index in [1.165, 1.54) is 4.57 Å². The minimum absolute atomic E-state index is 0.0721. The van der Waals surface area contributed by atoms with E-state index in [2.05, 4.69) is 0 Å². The standard InChI is InChI=1S/C26H29N3O6/c1-5-9-34-24-15-10-14-16(12-28(3)4)21(30)8-7-19(14)27-22(15)20-11-18-17(23(31)29(20)24)13-35-25(32)26(18,33)6-2/h7-8,10-11,24,30,33H,5-6,9,12-13H2,1-4H3/t24-,26-/m0/s1. The summed E-state index contributed by atoms with van der Waals surface area (Å²) in [5.74, 6) is -0.588. The van der Waals surface area contributed by atoms with Gasteiger partial charge in [0.25, 0.3) is 5.56 Å². The molecule has 3 aromatic rings. The summed E-state index contributed by atoms with van der Waals surface area (Å²) in [5.41, 5.74) is 1.36. The zero-order valence-electron chi connectivity index (χ0n) is 20.3. The lowest BCUT2D eigenvalue weighted by Gasteiger charge is -2.32. The largest absolute Gasteiger partial charge is 0.508 e. The van der Waals surface area contributed by atoms with Crippen molar-refractivity contribution in [3.63, 3.8) is 0 Å². The Balaban J connectivity index is 1.81. The molecule has 0 aliphatic carbocycles. The fraction of sp³-hybridized carbons (Fsp3) is 0.423. The maximum atomic E-state index is 13.7. The highest BCUT2D eigenvalue weighted by molar-refractivity contribution is 5.89. The van der Waals surface area contributed by atoms with Gasteiger partial charge < -0.3 is 24.6 Å². The highest BCUT2D eigenvalue weighted by Crippen LogP contribution is 2.44. The normalized spacial score (nSPS) is 20.6. The first-order chi connectivity index (χ1) is 16.7. The number of nitrogens with zero attached hydrogens (tertiary/aromatic N) is 3. The van der Waals surface area contributed by atoms with Crippen molar-refractivity contribution in [1.29, 1.82) is 0 Å². The van der Waals surface area contributed by atoms with Crippen LogP contribution in [0.15, 0.2) is 29.1 Å². The monoisotopic (exact) mass is 479 g/mol. The van der Waals surface area contributed by atoms with Crippen molar-refractivity contribution in [2.45, 2.75) is 51.7 Å². The SMILES string of the molecule is CCCO[C@H]1c2cc3c(CN(C)C)c(O)ccc3nc2-c2cc3c(c(=O)n21)COC(=O)[C@]3(O)CC. The number of aliphatic hydroxyl groups is 1. The van der Waals surface area contributed by atoms with E-state index in [0.717, 1.165) is 17.4 Å². The van der Waals surface area contributed by atoms with Crippen molar-refractivity contribution >= 4 is 16.9 Å². The molecule has 9 nitrogen and oxygen atoms in total. The van der Waals surface area contributed by atoms with Crippen LogP contribution < -0.4 is 5.56 Å². The van der Waals surface area contributed by atoms with Crippen molar-refractivity contribution in [3.05, 3.63) is 56.9 Å². The second-order valence-electron chi connectivity index (χ2n) is 9.40. The van der Waals surface area contributed by atoms with Crippen LogP contribution in [0.25, 0.3) is 22.3 Å². The Hall–Kier alpha value is -3.27. The molecule has 4 heterocycles. The molecule has 5 rings (SSSR count). The molecule has 0 fully saturated rings. The van der Waals surface area contributed by atoms with Crippen molar-refractivity contribution < 1.29 is 24.5 Å². The summed E-state index contributed by atoms with van der Waals surface area (Å²) in [6.07, 6.45) is 0.0984. The third kappa shape index (κ3) is 3.45. The lowest BCUT2D eigenvalue weighted by atomic mass is 9.86. The third-order valence-electron chi connectivity index (χ3n) is 6.80. The molecule has 0 bridgehead atoms. The van der Waals surface area contributed by atoms with E-state index in [1.54, 1.807) is 25.1 Å². The van der Waals surface area contributed by atoms with Crippen LogP contribution in [0.4, 0.5) is 0 Å². The maximum Gasteiger partial charge on any atom is 0.343 e. The van der Waals surface area contributed by atoms with Gasteiger partial charge in [0.2, 0.25) is 0 Å². The van der Waals surface area contributed by atoms with Gasteiger partial charge in [0, 0.05) is 35.2 Å². The Kier molecular flexibility index (Phi) is 5.66. The summed E-state index contributed by atoms with van der Waals surface area (Å²) in [6.45, 7) is 4.38. The Morgan fingerprint density at radius 3 is 2.71 bits per heavy atom. The number of aromatic nitrogens is 2.